The third-order valence-electron chi connectivity index (χ3n) is 1.98. The van der Waals surface area contributed by atoms with Crippen LogP contribution < -0.4 is 0 Å². The number of hydrogen-bond donors (Lipinski definition) is 1. The van der Waals surface area contributed by atoms with Crippen LogP contribution in [0.25, 0.3) is 5.57 Å². The summed E-state index contributed by atoms with van der Waals surface area (Å²) in [6.45, 7) is 0. The number of rotatable bonds is 4. The van der Waals surface area contributed by atoms with Crippen molar-refractivity contribution in [1.82, 2.24) is 0 Å². The van der Waals surface area contributed by atoms with Crippen LogP contribution in [0.3, 0.4) is 0 Å². The van der Waals surface area contributed by atoms with E-state index in [1.165, 1.54) is 6.07 Å². The Morgan fingerprint density at radius 1 is 1.25 bits per heavy atom. The van der Waals surface area contributed by atoms with Crippen molar-refractivity contribution in [2.45, 2.75) is 12.8 Å². The lowest BCUT2D eigenvalue weighted by Crippen LogP contribution is -1.96. The predicted molar refractivity (Wildman–Crippen MR) is 62.4 cm³/mol. The lowest BCUT2D eigenvalue weighted by atomic mass is 10.0. The van der Waals surface area contributed by atoms with Gasteiger partial charge in [-0.15, -0.1) is 0 Å². The molecular formula is C11H8Cl2O3. The van der Waals surface area contributed by atoms with Crippen LogP contribution in [0.1, 0.15) is 18.4 Å². The van der Waals surface area contributed by atoms with Gasteiger partial charge >= 0.3 is 5.97 Å². The van der Waals surface area contributed by atoms with Gasteiger partial charge < -0.3 is 5.11 Å². The fourth-order valence-electron chi connectivity index (χ4n) is 1.17. The number of carbonyl (C=O) groups is 1. The molecule has 16 heavy (non-hydrogen) atoms. The van der Waals surface area contributed by atoms with E-state index in [0.717, 1.165) is 0 Å². The van der Waals surface area contributed by atoms with E-state index >= 15 is 0 Å². The number of halogens is 2. The molecule has 0 aliphatic heterocycles. The topological polar surface area (TPSA) is 54.4 Å². The smallest absolute Gasteiger partial charge is 0.303 e. The van der Waals surface area contributed by atoms with Crippen LogP contribution in [-0.4, -0.2) is 17.0 Å². The summed E-state index contributed by atoms with van der Waals surface area (Å²) in [7, 11) is 0. The van der Waals surface area contributed by atoms with Gasteiger partial charge in [-0.3, -0.25) is 4.79 Å². The first-order valence-electron chi connectivity index (χ1n) is 4.45. The van der Waals surface area contributed by atoms with E-state index < -0.39 is 5.97 Å². The molecule has 1 aromatic carbocycles. The van der Waals surface area contributed by atoms with Crippen molar-refractivity contribution in [2.75, 3.05) is 0 Å². The number of aliphatic carboxylic acids is 1. The minimum atomic E-state index is -0.965. The normalized spacial score (nSPS) is 9.62. The maximum Gasteiger partial charge on any atom is 0.303 e. The van der Waals surface area contributed by atoms with Crippen LogP contribution in [0.2, 0.25) is 10.0 Å². The van der Waals surface area contributed by atoms with Gasteiger partial charge in [-0.25, -0.2) is 4.79 Å². The first-order chi connectivity index (χ1) is 7.54. The zero-order chi connectivity index (χ0) is 12.1. The molecule has 84 valence electrons. The fourth-order valence-corrected chi connectivity index (χ4v) is 1.47. The van der Waals surface area contributed by atoms with Gasteiger partial charge in [-0.1, -0.05) is 29.3 Å². The molecule has 3 nitrogen and oxygen atoms in total. The summed E-state index contributed by atoms with van der Waals surface area (Å²) in [5.74, 6) is 0.757. The third-order valence-corrected chi connectivity index (χ3v) is 2.72. The standard InChI is InChI=1S/C11H8Cl2O3/c12-9-3-1-7(5-10(9)13)8(6-14)2-4-11(15)16/h1,3,5H,2,4H2,(H,15,16). The lowest BCUT2D eigenvalue weighted by Gasteiger charge is -2.03. The monoisotopic (exact) mass is 258 g/mol. The summed E-state index contributed by atoms with van der Waals surface area (Å²) in [4.78, 5) is 21.1. The highest BCUT2D eigenvalue weighted by molar-refractivity contribution is 6.42. The molecule has 1 aromatic rings. The van der Waals surface area contributed by atoms with Crippen LogP contribution in [0.5, 0.6) is 0 Å². The summed E-state index contributed by atoms with van der Waals surface area (Å²) in [5, 5.41) is 9.22. The van der Waals surface area contributed by atoms with Crippen LogP contribution in [0.15, 0.2) is 18.2 Å². The quantitative estimate of drug-likeness (QED) is 0.845. The first kappa shape index (κ1) is 12.8. The number of hydrogen-bond acceptors (Lipinski definition) is 2. The molecule has 0 atom stereocenters. The van der Waals surface area contributed by atoms with Gasteiger partial charge in [-0.2, -0.15) is 0 Å². The number of carboxylic acids is 1. The predicted octanol–water partition coefficient (Wildman–Crippen LogP) is 3.07. The van der Waals surface area contributed by atoms with Gasteiger partial charge in [0.15, 0.2) is 0 Å². The molecule has 0 saturated carbocycles. The van der Waals surface area contributed by atoms with E-state index in [4.69, 9.17) is 28.3 Å². The molecular weight excluding hydrogens is 251 g/mol. The average Bonchev–Trinajstić information content (AvgIpc) is 2.23. The van der Waals surface area contributed by atoms with Crippen LogP contribution in [-0.2, 0) is 9.59 Å². The van der Waals surface area contributed by atoms with Gasteiger partial charge in [0.05, 0.1) is 16.5 Å². The van der Waals surface area contributed by atoms with E-state index in [0.29, 0.717) is 15.6 Å². The van der Waals surface area contributed by atoms with Crippen molar-refractivity contribution in [2.24, 2.45) is 0 Å². The molecule has 0 aliphatic rings. The zero-order valence-electron chi connectivity index (χ0n) is 8.17. The van der Waals surface area contributed by atoms with Crippen molar-refractivity contribution >= 4 is 40.7 Å². The highest BCUT2D eigenvalue weighted by atomic mass is 35.5. The van der Waals surface area contributed by atoms with Gasteiger partial charge in [0, 0.05) is 5.57 Å². The highest BCUT2D eigenvalue weighted by Gasteiger charge is 2.08. The Hall–Kier alpha value is -1.28. The Bertz CT molecular complexity index is 462. The molecule has 0 aliphatic carbocycles. The zero-order valence-corrected chi connectivity index (χ0v) is 9.68. The maximum absolute atomic E-state index is 10.7. The molecule has 0 aromatic heterocycles. The minimum Gasteiger partial charge on any atom is -0.481 e. The molecule has 0 unspecified atom stereocenters. The second-order valence-electron chi connectivity index (χ2n) is 3.10. The molecule has 0 saturated heterocycles. The van der Waals surface area contributed by atoms with Crippen molar-refractivity contribution in [3.63, 3.8) is 0 Å². The number of carboxylic acid groups (broad SMARTS) is 1. The molecule has 5 heteroatoms. The van der Waals surface area contributed by atoms with E-state index in [-0.39, 0.29) is 18.4 Å². The Morgan fingerprint density at radius 2 is 1.94 bits per heavy atom. The Labute approximate surface area is 102 Å². The van der Waals surface area contributed by atoms with Crippen molar-refractivity contribution in [3.05, 3.63) is 33.8 Å². The SMILES string of the molecule is O=C=C(CCC(=O)O)c1ccc(Cl)c(Cl)c1. The van der Waals surface area contributed by atoms with Gasteiger partial charge in [0.25, 0.3) is 0 Å². The Morgan fingerprint density at radius 3 is 2.44 bits per heavy atom. The molecule has 0 bridgehead atoms. The second-order valence-corrected chi connectivity index (χ2v) is 3.92. The molecule has 1 rings (SSSR count). The Kier molecular flexibility index (Phi) is 4.56. The van der Waals surface area contributed by atoms with E-state index in [1.54, 1.807) is 18.1 Å². The van der Waals surface area contributed by atoms with Gasteiger partial charge in [0.1, 0.15) is 5.94 Å². The van der Waals surface area contributed by atoms with Crippen molar-refractivity contribution in [3.8, 4) is 0 Å². The van der Waals surface area contributed by atoms with Crippen molar-refractivity contribution < 1.29 is 14.7 Å². The minimum absolute atomic E-state index is 0.120. The Balaban J connectivity index is 2.92. The summed E-state index contributed by atoms with van der Waals surface area (Å²) in [6.07, 6.45) is 0.00160. The molecule has 0 spiro atoms. The maximum atomic E-state index is 10.7. The molecule has 0 fully saturated rings. The average molecular weight is 259 g/mol. The fraction of sp³-hybridized carbons (Fsp3) is 0.182. The van der Waals surface area contributed by atoms with Gasteiger partial charge in [-0.05, 0) is 24.1 Å². The summed E-state index contributed by atoms with van der Waals surface area (Å²) >= 11 is 11.5. The summed E-state index contributed by atoms with van der Waals surface area (Å²) in [6, 6.07) is 4.68. The van der Waals surface area contributed by atoms with Gasteiger partial charge in [0.2, 0.25) is 0 Å². The lowest BCUT2D eigenvalue weighted by molar-refractivity contribution is -0.136. The molecule has 0 radical (unpaired) electrons. The summed E-state index contributed by atoms with van der Waals surface area (Å²) in [5.41, 5.74) is 0.826. The largest absolute Gasteiger partial charge is 0.481 e. The molecule has 0 heterocycles. The molecule has 0 amide bonds. The van der Waals surface area contributed by atoms with E-state index in [9.17, 15) is 9.59 Å². The molecule has 1 N–H and O–H groups in total. The summed E-state index contributed by atoms with van der Waals surface area (Å²) < 4.78 is 0. The number of benzene rings is 1. The van der Waals surface area contributed by atoms with Crippen LogP contribution >= 0.6 is 23.2 Å². The van der Waals surface area contributed by atoms with Crippen molar-refractivity contribution in [1.29, 1.82) is 0 Å². The third kappa shape index (κ3) is 3.38. The number of carbonyl (C=O) groups excluding carboxylic acids is 1. The van der Waals surface area contributed by atoms with Crippen LogP contribution in [0.4, 0.5) is 0 Å². The number of allylic oxidation sites excluding steroid dienone is 1. The second kappa shape index (κ2) is 5.71. The van der Waals surface area contributed by atoms with E-state index in [1.807, 2.05) is 0 Å². The van der Waals surface area contributed by atoms with Crippen LogP contribution in [0, 0.1) is 0 Å². The first-order valence-corrected chi connectivity index (χ1v) is 5.21. The van der Waals surface area contributed by atoms with E-state index in [2.05, 4.69) is 0 Å². The highest BCUT2D eigenvalue weighted by Crippen LogP contribution is 2.26.